The van der Waals surface area contributed by atoms with E-state index in [1.165, 1.54) is 11.3 Å². The third-order valence-corrected chi connectivity index (χ3v) is 3.90. The number of carbonyl (C=O) groups excluding carboxylic acids is 1. The largest absolute Gasteiger partial charge is 0.304 e. The molecule has 0 aliphatic heterocycles. The molecule has 0 atom stereocenters. The van der Waals surface area contributed by atoms with Crippen LogP contribution in [0, 0.1) is 6.92 Å². The lowest BCUT2D eigenvalue weighted by Gasteiger charge is -1.96. The van der Waals surface area contributed by atoms with Gasteiger partial charge in [0.15, 0.2) is 0 Å². The van der Waals surface area contributed by atoms with Crippen LogP contribution in [0.1, 0.15) is 28.1 Å². The lowest BCUT2D eigenvalue weighted by molar-refractivity contribution is 0.102. The molecule has 0 aliphatic rings. The van der Waals surface area contributed by atoms with Crippen molar-refractivity contribution in [1.29, 1.82) is 0 Å². The van der Waals surface area contributed by atoms with Crippen LogP contribution in [-0.4, -0.2) is 25.5 Å². The molecule has 3 heterocycles. The first-order chi connectivity index (χ1) is 9.67. The van der Waals surface area contributed by atoms with E-state index in [2.05, 4.69) is 20.5 Å². The van der Waals surface area contributed by atoms with E-state index in [1.807, 2.05) is 36.4 Å². The molecule has 1 amide bonds. The molecule has 3 aromatic heterocycles. The summed E-state index contributed by atoms with van der Waals surface area (Å²) in [5.41, 5.74) is 2.15. The van der Waals surface area contributed by atoms with Gasteiger partial charge in [-0.25, -0.2) is 4.98 Å². The molecule has 3 rings (SSSR count). The van der Waals surface area contributed by atoms with E-state index in [1.54, 1.807) is 6.20 Å². The Morgan fingerprint density at radius 2 is 2.25 bits per heavy atom. The summed E-state index contributed by atoms with van der Waals surface area (Å²) in [6.07, 6.45) is 2.53. The Bertz CT molecular complexity index is 776. The fraction of sp³-hybridized carbons (Fsp3) is 0.231. The number of hydrogen-bond acceptors (Lipinski definition) is 5. The fourth-order valence-corrected chi connectivity index (χ4v) is 2.54. The zero-order valence-electron chi connectivity index (χ0n) is 11.1. The van der Waals surface area contributed by atoms with Crippen molar-refractivity contribution in [3.05, 3.63) is 40.8 Å². The van der Waals surface area contributed by atoms with Crippen molar-refractivity contribution < 1.29 is 4.79 Å². The molecular formula is C13H13N5OS. The topological polar surface area (TPSA) is 72.2 Å². The third-order valence-electron chi connectivity index (χ3n) is 2.92. The minimum absolute atomic E-state index is 0.271. The van der Waals surface area contributed by atoms with Gasteiger partial charge in [0.2, 0.25) is 5.13 Å². The molecule has 0 aromatic carbocycles. The Labute approximate surface area is 119 Å². The van der Waals surface area contributed by atoms with Gasteiger partial charge in [-0.15, -0.1) is 10.2 Å². The van der Waals surface area contributed by atoms with Gasteiger partial charge in [0.1, 0.15) is 16.3 Å². The van der Waals surface area contributed by atoms with Crippen LogP contribution in [0.15, 0.2) is 24.4 Å². The van der Waals surface area contributed by atoms with E-state index in [0.29, 0.717) is 10.8 Å². The van der Waals surface area contributed by atoms with Gasteiger partial charge in [0, 0.05) is 11.9 Å². The average molecular weight is 287 g/mol. The highest BCUT2D eigenvalue weighted by molar-refractivity contribution is 7.15. The Morgan fingerprint density at radius 1 is 1.40 bits per heavy atom. The second-order valence-electron chi connectivity index (χ2n) is 4.33. The van der Waals surface area contributed by atoms with Crippen molar-refractivity contribution in [3.63, 3.8) is 0 Å². The number of anilines is 1. The second kappa shape index (κ2) is 5.01. The number of imidazole rings is 1. The molecule has 0 bridgehead atoms. The van der Waals surface area contributed by atoms with Crippen LogP contribution >= 0.6 is 11.3 Å². The standard InChI is InChI=1S/C13H13N5OS/c1-3-11-16-17-13(20-11)15-12(19)9-7-18-8(2)5-4-6-10(18)14-9/h4-7H,3H2,1-2H3,(H,15,17,19). The van der Waals surface area contributed by atoms with Crippen LogP contribution < -0.4 is 5.32 Å². The van der Waals surface area contributed by atoms with Crippen molar-refractivity contribution in [2.75, 3.05) is 5.32 Å². The molecule has 6 nitrogen and oxygen atoms in total. The number of nitrogens with zero attached hydrogens (tertiary/aromatic N) is 4. The van der Waals surface area contributed by atoms with Gasteiger partial charge in [0.25, 0.3) is 5.91 Å². The van der Waals surface area contributed by atoms with Gasteiger partial charge in [-0.05, 0) is 25.5 Å². The summed E-state index contributed by atoms with van der Waals surface area (Å²) < 4.78 is 1.88. The van der Waals surface area contributed by atoms with E-state index >= 15 is 0 Å². The molecule has 20 heavy (non-hydrogen) atoms. The van der Waals surface area contributed by atoms with Crippen LogP contribution in [0.5, 0.6) is 0 Å². The first-order valence-corrected chi connectivity index (χ1v) is 7.07. The average Bonchev–Trinajstić information content (AvgIpc) is 3.05. The summed E-state index contributed by atoms with van der Waals surface area (Å²) in [5, 5.41) is 12.0. The second-order valence-corrected chi connectivity index (χ2v) is 5.39. The predicted octanol–water partition coefficient (Wildman–Crippen LogP) is 2.31. The Kier molecular flexibility index (Phi) is 3.19. The first-order valence-electron chi connectivity index (χ1n) is 6.26. The maximum atomic E-state index is 12.1. The van der Waals surface area contributed by atoms with Crippen molar-refractivity contribution in [1.82, 2.24) is 19.6 Å². The van der Waals surface area contributed by atoms with Crippen molar-refractivity contribution in [2.45, 2.75) is 20.3 Å². The number of fused-ring (bicyclic) bond motifs is 1. The predicted molar refractivity (Wildman–Crippen MR) is 77.2 cm³/mol. The first kappa shape index (κ1) is 12.7. The van der Waals surface area contributed by atoms with Gasteiger partial charge < -0.3 is 4.40 Å². The van der Waals surface area contributed by atoms with Crippen LogP contribution in [0.4, 0.5) is 5.13 Å². The normalized spacial score (nSPS) is 10.9. The van der Waals surface area contributed by atoms with Crippen molar-refractivity contribution in [2.24, 2.45) is 0 Å². The number of pyridine rings is 1. The van der Waals surface area contributed by atoms with Crippen LogP contribution in [0.25, 0.3) is 5.65 Å². The molecule has 0 spiro atoms. The number of aromatic nitrogens is 4. The van der Waals surface area contributed by atoms with Gasteiger partial charge in [0.05, 0.1) is 0 Å². The van der Waals surface area contributed by atoms with Gasteiger partial charge >= 0.3 is 0 Å². The van der Waals surface area contributed by atoms with Crippen molar-refractivity contribution >= 4 is 28.0 Å². The SMILES string of the molecule is CCc1nnc(NC(=O)c2cn3c(C)cccc3n2)s1. The minimum atomic E-state index is -0.271. The number of rotatable bonds is 3. The zero-order chi connectivity index (χ0) is 14.1. The molecule has 7 heteroatoms. The fourth-order valence-electron chi connectivity index (χ4n) is 1.87. The molecule has 102 valence electrons. The summed E-state index contributed by atoms with van der Waals surface area (Å²) in [6.45, 7) is 3.96. The maximum absolute atomic E-state index is 12.1. The van der Waals surface area contributed by atoms with E-state index in [9.17, 15) is 4.79 Å². The molecular weight excluding hydrogens is 274 g/mol. The number of aryl methyl sites for hydroxylation is 2. The van der Waals surface area contributed by atoms with Crippen LogP contribution in [-0.2, 0) is 6.42 Å². The maximum Gasteiger partial charge on any atom is 0.277 e. The smallest absolute Gasteiger partial charge is 0.277 e. The van der Waals surface area contributed by atoms with E-state index in [-0.39, 0.29) is 5.91 Å². The number of hydrogen-bond donors (Lipinski definition) is 1. The molecule has 0 aliphatic carbocycles. The summed E-state index contributed by atoms with van der Waals surface area (Å²) in [7, 11) is 0. The monoisotopic (exact) mass is 287 g/mol. The number of carbonyl (C=O) groups is 1. The molecule has 0 saturated carbocycles. The summed E-state index contributed by atoms with van der Waals surface area (Å²) >= 11 is 1.38. The Morgan fingerprint density at radius 3 is 2.95 bits per heavy atom. The molecule has 0 fully saturated rings. The summed E-state index contributed by atoms with van der Waals surface area (Å²) in [6, 6.07) is 5.75. The number of amides is 1. The molecule has 0 radical (unpaired) electrons. The highest BCUT2D eigenvalue weighted by Gasteiger charge is 2.13. The zero-order valence-corrected chi connectivity index (χ0v) is 11.9. The summed E-state index contributed by atoms with van der Waals surface area (Å²) in [5.74, 6) is -0.271. The number of nitrogens with one attached hydrogen (secondary N) is 1. The Hall–Kier alpha value is -2.28. The van der Waals surface area contributed by atoms with Crippen molar-refractivity contribution in [3.8, 4) is 0 Å². The lowest BCUT2D eigenvalue weighted by atomic mass is 10.4. The van der Waals surface area contributed by atoms with Gasteiger partial charge in [-0.2, -0.15) is 0 Å². The van der Waals surface area contributed by atoms with Crippen LogP contribution in [0.2, 0.25) is 0 Å². The molecule has 0 unspecified atom stereocenters. The highest BCUT2D eigenvalue weighted by Crippen LogP contribution is 2.16. The quantitative estimate of drug-likeness (QED) is 0.802. The lowest BCUT2D eigenvalue weighted by Crippen LogP contribution is -2.12. The Balaban J connectivity index is 1.86. The molecule has 3 aromatic rings. The summed E-state index contributed by atoms with van der Waals surface area (Å²) in [4.78, 5) is 16.4. The van der Waals surface area contributed by atoms with Gasteiger partial charge in [-0.1, -0.05) is 24.3 Å². The minimum Gasteiger partial charge on any atom is -0.304 e. The highest BCUT2D eigenvalue weighted by atomic mass is 32.1. The van der Waals surface area contributed by atoms with Gasteiger partial charge in [-0.3, -0.25) is 10.1 Å². The molecule has 0 saturated heterocycles. The molecule has 1 N–H and O–H groups in total. The third kappa shape index (κ3) is 2.27. The van der Waals surface area contributed by atoms with E-state index in [4.69, 9.17) is 0 Å². The van der Waals surface area contributed by atoms with Crippen LogP contribution in [0.3, 0.4) is 0 Å². The van der Waals surface area contributed by atoms with E-state index in [0.717, 1.165) is 22.8 Å². The van der Waals surface area contributed by atoms with E-state index < -0.39 is 0 Å².